The molecule has 1 heterocycles. The molecule has 1 fully saturated rings. The number of nitro benzene ring substituents is 1. The summed E-state index contributed by atoms with van der Waals surface area (Å²) in [5.41, 5.74) is 2.89. The first kappa shape index (κ1) is 18.8. The maximum absolute atomic E-state index is 11.3. The molecule has 0 atom stereocenters. The van der Waals surface area contributed by atoms with Crippen molar-refractivity contribution in [1.29, 1.82) is 0 Å². The van der Waals surface area contributed by atoms with Crippen molar-refractivity contribution in [3.63, 3.8) is 0 Å². The van der Waals surface area contributed by atoms with Gasteiger partial charge in [0.2, 0.25) is 0 Å². The summed E-state index contributed by atoms with van der Waals surface area (Å²) in [5.74, 6) is 0. The smallest absolute Gasteiger partial charge is 0.293 e. The summed E-state index contributed by atoms with van der Waals surface area (Å²) in [6.45, 7) is 3.13. The lowest BCUT2D eigenvalue weighted by atomic mass is 10.0. The van der Waals surface area contributed by atoms with Crippen molar-refractivity contribution in [2.75, 3.05) is 18.4 Å². The van der Waals surface area contributed by atoms with Crippen molar-refractivity contribution in [3.05, 3.63) is 68.2 Å². The highest BCUT2D eigenvalue weighted by atomic mass is 79.9. The van der Waals surface area contributed by atoms with E-state index in [0.29, 0.717) is 16.7 Å². The standard InChI is InChI=1S/C19H22BrN3O3/c20-16-5-6-18(19(11-16)23(25)26)21-12-14-3-1-2-4-15(14)13-22-9-7-17(24)8-10-22/h1-6,11,17,21,24H,7-10,12-13H2. The third-order valence-electron chi connectivity index (χ3n) is 4.70. The summed E-state index contributed by atoms with van der Waals surface area (Å²) in [6.07, 6.45) is 1.44. The summed E-state index contributed by atoms with van der Waals surface area (Å²) in [5, 5.41) is 24.1. The van der Waals surface area contributed by atoms with Gasteiger partial charge in [0.25, 0.3) is 5.69 Å². The second-order valence-electron chi connectivity index (χ2n) is 6.55. The number of piperidine rings is 1. The molecule has 0 amide bonds. The van der Waals surface area contributed by atoms with Crippen LogP contribution in [-0.4, -0.2) is 34.1 Å². The lowest BCUT2D eigenvalue weighted by Crippen LogP contribution is -2.35. The lowest BCUT2D eigenvalue weighted by molar-refractivity contribution is -0.384. The molecule has 3 rings (SSSR count). The van der Waals surface area contributed by atoms with Gasteiger partial charge in [0.1, 0.15) is 5.69 Å². The molecule has 2 aromatic carbocycles. The molecule has 0 bridgehead atoms. The number of aliphatic hydroxyl groups excluding tert-OH is 1. The normalized spacial score (nSPS) is 15.8. The van der Waals surface area contributed by atoms with E-state index in [9.17, 15) is 15.2 Å². The van der Waals surface area contributed by atoms with Crippen LogP contribution < -0.4 is 5.32 Å². The topological polar surface area (TPSA) is 78.6 Å². The van der Waals surface area contributed by atoms with E-state index in [1.54, 1.807) is 12.1 Å². The number of halogens is 1. The van der Waals surface area contributed by atoms with Gasteiger partial charge in [0, 0.05) is 36.7 Å². The molecule has 6 nitrogen and oxygen atoms in total. The first-order valence-corrected chi connectivity index (χ1v) is 9.47. The molecule has 0 aliphatic carbocycles. The number of anilines is 1. The van der Waals surface area contributed by atoms with Gasteiger partial charge in [-0.05, 0) is 36.1 Å². The van der Waals surface area contributed by atoms with Gasteiger partial charge in [-0.1, -0.05) is 40.2 Å². The number of nitrogens with zero attached hydrogens (tertiary/aromatic N) is 2. The predicted octanol–water partition coefficient (Wildman–Crippen LogP) is 3.93. The van der Waals surface area contributed by atoms with Crippen LogP contribution in [0.3, 0.4) is 0 Å². The third kappa shape index (κ3) is 4.81. The molecule has 7 heteroatoms. The summed E-state index contributed by atoms with van der Waals surface area (Å²) in [4.78, 5) is 13.2. The van der Waals surface area contributed by atoms with E-state index < -0.39 is 0 Å². The van der Waals surface area contributed by atoms with Gasteiger partial charge in [0.15, 0.2) is 0 Å². The lowest BCUT2D eigenvalue weighted by Gasteiger charge is -2.30. The molecule has 26 heavy (non-hydrogen) atoms. The van der Waals surface area contributed by atoms with Crippen LogP contribution >= 0.6 is 15.9 Å². The van der Waals surface area contributed by atoms with Gasteiger partial charge < -0.3 is 10.4 Å². The Kier molecular flexibility index (Phi) is 6.24. The Morgan fingerprint density at radius 3 is 2.58 bits per heavy atom. The van der Waals surface area contributed by atoms with Gasteiger partial charge in [-0.3, -0.25) is 15.0 Å². The fourth-order valence-electron chi connectivity index (χ4n) is 3.20. The van der Waals surface area contributed by atoms with Crippen molar-refractivity contribution in [2.24, 2.45) is 0 Å². The summed E-state index contributed by atoms with van der Waals surface area (Å²) >= 11 is 3.28. The zero-order chi connectivity index (χ0) is 18.5. The van der Waals surface area contributed by atoms with E-state index in [1.807, 2.05) is 18.2 Å². The SMILES string of the molecule is O=[N+]([O-])c1cc(Br)ccc1NCc1ccccc1CN1CCC(O)CC1. The second kappa shape index (κ2) is 8.62. The Bertz CT molecular complexity index is 776. The van der Waals surface area contributed by atoms with Crippen molar-refractivity contribution < 1.29 is 10.0 Å². The average molecular weight is 420 g/mol. The van der Waals surface area contributed by atoms with Crippen LogP contribution in [0.2, 0.25) is 0 Å². The average Bonchev–Trinajstić information content (AvgIpc) is 2.63. The van der Waals surface area contributed by atoms with Crippen molar-refractivity contribution in [2.45, 2.75) is 32.0 Å². The first-order valence-electron chi connectivity index (χ1n) is 8.68. The molecule has 138 valence electrons. The number of likely N-dealkylation sites (tertiary alicyclic amines) is 1. The van der Waals surface area contributed by atoms with Gasteiger partial charge in [-0.2, -0.15) is 0 Å². The van der Waals surface area contributed by atoms with E-state index in [2.05, 4.69) is 32.2 Å². The van der Waals surface area contributed by atoms with Crippen LogP contribution in [-0.2, 0) is 13.1 Å². The maximum Gasteiger partial charge on any atom is 0.293 e. The molecular weight excluding hydrogens is 398 g/mol. The van der Waals surface area contributed by atoms with Crippen LogP contribution in [0.25, 0.3) is 0 Å². The molecule has 2 aromatic rings. The van der Waals surface area contributed by atoms with Gasteiger partial charge in [-0.15, -0.1) is 0 Å². The van der Waals surface area contributed by atoms with Crippen LogP contribution in [0.4, 0.5) is 11.4 Å². The minimum atomic E-state index is -0.377. The van der Waals surface area contributed by atoms with E-state index in [-0.39, 0.29) is 16.7 Å². The number of benzene rings is 2. The zero-order valence-corrected chi connectivity index (χ0v) is 16.0. The Morgan fingerprint density at radius 1 is 1.19 bits per heavy atom. The molecule has 0 aromatic heterocycles. The quantitative estimate of drug-likeness (QED) is 0.547. The predicted molar refractivity (Wildman–Crippen MR) is 105 cm³/mol. The molecule has 1 saturated heterocycles. The van der Waals surface area contributed by atoms with E-state index in [1.165, 1.54) is 11.6 Å². The number of hydrogen-bond acceptors (Lipinski definition) is 5. The summed E-state index contributed by atoms with van der Waals surface area (Å²) in [7, 11) is 0. The third-order valence-corrected chi connectivity index (χ3v) is 5.19. The molecular formula is C19H22BrN3O3. The number of aliphatic hydroxyl groups is 1. The number of nitro groups is 1. The van der Waals surface area contributed by atoms with Crippen LogP contribution in [0.1, 0.15) is 24.0 Å². The molecule has 2 N–H and O–H groups in total. The number of hydrogen-bond donors (Lipinski definition) is 2. The van der Waals surface area contributed by atoms with Gasteiger partial charge in [-0.25, -0.2) is 0 Å². The fourth-order valence-corrected chi connectivity index (χ4v) is 3.55. The molecule has 0 saturated carbocycles. The van der Waals surface area contributed by atoms with Crippen LogP contribution in [0.5, 0.6) is 0 Å². The second-order valence-corrected chi connectivity index (χ2v) is 7.46. The number of rotatable bonds is 6. The zero-order valence-electron chi connectivity index (χ0n) is 14.4. The molecule has 0 unspecified atom stereocenters. The van der Waals surface area contributed by atoms with Crippen molar-refractivity contribution in [3.8, 4) is 0 Å². The molecule has 0 spiro atoms. The summed E-state index contributed by atoms with van der Waals surface area (Å²) in [6, 6.07) is 13.2. The van der Waals surface area contributed by atoms with Gasteiger partial charge >= 0.3 is 0 Å². The van der Waals surface area contributed by atoms with Gasteiger partial charge in [0.05, 0.1) is 11.0 Å². The van der Waals surface area contributed by atoms with Crippen LogP contribution in [0, 0.1) is 10.1 Å². The maximum atomic E-state index is 11.3. The fraction of sp³-hybridized carbons (Fsp3) is 0.368. The van der Waals surface area contributed by atoms with E-state index >= 15 is 0 Å². The number of nitrogens with one attached hydrogen (secondary N) is 1. The first-order chi connectivity index (χ1) is 12.5. The summed E-state index contributed by atoms with van der Waals surface area (Å²) < 4.78 is 0.683. The Labute approximate surface area is 161 Å². The van der Waals surface area contributed by atoms with Crippen LogP contribution in [0.15, 0.2) is 46.9 Å². The van der Waals surface area contributed by atoms with E-state index in [4.69, 9.17) is 0 Å². The van der Waals surface area contributed by atoms with Crippen molar-refractivity contribution >= 4 is 27.3 Å². The monoisotopic (exact) mass is 419 g/mol. The van der Waals surface area contributed by atoms with Crippen molar-refractivity contribution in [1.82, 2.24) is 4.90 Å². The minimum Gasteiger partial charge on any atom is -0.393 e. The Hall–Kier alpha value is -1.96. The largest absolute Gasteiger partial charge is 0.393 e. The Balaban J connectivity index is 1.70. The molecule has 0 radical (unpaired) electrons. The minimum absolute atomic E-state index is 0.0573. The highest BCUT2D eigenvalue weighted by Gasteiger charge is 2.18. The molecule has 1 aliphatic heterocycles. The van der Waals surface area contributed by atoms with E-state index in [0.717, 1.165) is 38.0 Å². The molecule has 1 aliphatic rings. The highest BCUT2D eigenvalue weighted by Crippen LogP contribution is 2.28. The highest BCUT2D eigenvalue weighted by molar-refractivity contribution is 9.10. The Morgan fingerprint density at radius 2 is 1.88 bits per heavy atom.